The minimum Gasteiger partial charge on any atom is -0.361 e. The molecule has 2 amide bonds. The molecule has 1 N–H and O–H groups in total. The lowest BCUT2D eigenvalue weighted by Gasteiger charge is -2.37. The van der Waals surface area contributed by atoms with Crippen molar-refractivity contribution in [2.75, 3.05) is 39.3 Å². The summed E-state index contributed by atoms with van der Waals surface area (Å²) < 4.78 is 0. The standard InChI is InChI=1S/C29H33N5O2/c1-20(2)32-11-13-33(14-12-32)28(35)23-8-9-25-26(18-31-27(25)16-23)24-7-4-10-34(19-24)29(36)22-6-3-5-21(15-22)17-30/h3,5-6,8-9,15-16,18,20,24,31H,4,7,10-14,19H2,1-2H3. The quantitative estimate of drug-likeness (QED) is 0.602. The summed E-state index contributed by atoms with van der Waals surface area (Å²) in [5.74, 6) is 0.286. The van der Waals surface area contributed by atoms with Gasteiger partial charge in [-0.05, 0) is 62.6 Å². The number of aromatic nitrogens is 1. The molecule has 1 unspecified atom stereocenters. The van der Waals surface area contributed by atoms with Crippen molar-refractivity contribution in [3.63, 3.8) is 0 Å². The van der Waals surface area contributed by atoms with Gasteiger partial charge in [0.25, 0.3) is 11.8 Å². The first-order valence-corrected chi connectivity index (χ1v) is 12.9. The second-order valence-electron chi connectivity index (χ2n) is 10.2. The fraction of sp³-hybridized carbons (Fsp3) is 0.414. The number of carbonyl (C=O) groups excluding carboxylic acids is 2. The lowest BCUT2D eigenvalue weighted by Crippen LogP contribution is -2.50. The molecule has 5 rings (SSSR count). The zero-order valence-corrected chi connectivity index (χ0v) is 21.0. The summed E-state index contributed by atoms with van der Waals surface area (Å²) >= 11 is 0. The van der Waals surface area contributed by atoms with Crippen LogP contribution in [0.25, 0.3) is 10.9 Å². The topological polar surface area (TPSA) is 83.4 Å². The Balaban J connectivity index is 1.30. The highest BCUT2D eigenvalue weighted by Crippen LogP contribution is 2.33. The molecule has 2 aliphatic heterocycles. The Labute approximate surface area is 212 Å². The highest BCUT2D eigenvalue weighted by atomic mass is 16.2. The SMILES string of the molecule is CC(C)N1CCN(C(=O)c2ccc3c(C4CCCN(C(=O)c5cccc(C#N)c5)C4)c[nH]c3c2)CC1. The number of benzene rings is 2. The number of rotatable bonds is 4. The second kappa shape index (κ2) is 10.2. The van der Waals surface area contributed by atoms with Crippen molar-refractivity contribution >= 4 is 22.7 Å². The van der Waals surface area contributed by atoms with E-state index in [1.807, 2.05) is 28.1 Å². The molecule has 0 spiro atoms. The Bertz CT molecular complexity index is 1310. The summed E-state index contributed by atoms with van der Waals surface area (Å²) in [6.07, 6.45) is 3.98. The predicted molar refractivity (Wildman–Crippen MR) is 140 cm³/mol. The van der Waals surface area contributed by atoms with Crippen molar-refractivity contribution in [2.24, 2.45) is 0 Å². The molecule has 2 saturated heterocycles. The van der Waals surface area contributed by atoms with Crippen LogP contribution < -0.4 is 0 Å². The van der Waals surface area contributed by atoms with Crippen molar-refractivity contribution in [2.45, 2.75) is 38.6 Å². The Morgan fingerprint density at radius 3 is 2.47 bits per heavy atom. The molecule has 186 valence electrons. The molecule has 0 radical (unpaired) electrons. The number of piperazine rings is 1. The second-order valence-corrected chi connectivity index (χ2v) is 10.2. The van der Waals surface area contributed by atoms with E-state index < -0.39 is 0 Å². The van der Waals surface area contributed by atoms with Crippen LogP contribution in [0.15, 0.2) is 48.7 Å². The highest BCUT2D eigenvalue weighted by Gasteiger charge is 2.28. The van der Waals surface area contributed by atoms with Crippen LogP contribution in [-0.4, -0.2) is 76.8 Å². The molecular weight excluding hydrogens is 450 g/mol. The molecule has 2 fully saturated rings. The van der Waals surface area contributed by atoms with E-state index in [-0.39, 0.29) is 17.7 Å². The van der Waals surface area contributed by atoms with Crippen molar-refractivity contribution in [3.8, 4) is 6.07 Å². The molecule has 3 heterocycles. The Morgan fingerprint density at radius 2 is 1.72 bits per heavy atom. The van der Waals surface area contributed by atoms with Crippen LogP contribution in [0.1, 0.15) is 64.4 Å². The van der Waals surface area contributed by atoms with Gasteiger partial charge in [0.05, 0.1) is 11.6 Å². The number of piperidine rings is 1. The van der Waals surface area contributed by atoms with Crippen LogP contribution in [0.4, 0.5) is 0 Å². The smallest absolute Gasteiger partial charge is 0.254 e. The molecule has 3 aromatic rings. The first-order chi connectivity index (χ1) is 17.4. The molecule has 0 bridgehead atoms. The summed E-state index contributed by atoms with van der Waals surface area (Å²) in [6, 6.07) is 15.5. The third kappa shape index (κ3) is 4.74. The lowest BCUT2D eigenvalue weighted by atomic mass is 9.89. The van der Waals surface area contributed by atoms with E-state index >= 15 is 0 Å². The van der Waals surface area contributed by atoms with E-state index in [2.05, 4.69) is 35.9 Å². The number of carbonyl (C=O) groups is 2. The molecule has 2 aromatic carbocycles. The molecule has 2 aliphatic rings. The van der Waals surface area contributed by atoms with Crippen LogP contribution in [0, 0.1) is 11.3 Å². The Morgan fingerprint density at radius 1 is 0.972 bits per heavy atom. The van der Waals surface area contributed by atoms with E-state index in [4.69, 9.17) is 0 Å². The third-order valence-corrected chi connectivity index (χ3v) is 7.68. The average Bonchev–Trinajstić information content (AvgIpc) is 3.35. The Hall–Kier alpha value is -3.63. The highest BCUT2D eigenvalue weighted by molar-refractivity contribution is 5.99. The number of aromatic amines is 1. The first kappa shape index (κ1) is 24.1. The minimum absolute atomic E-state index is 0.0258. The zero-order valence-electron chi connectivity index (χ0n) is 21.0. The number of hydrogen-bond acceptors (Lipinski definition) is 4. The molecule has 0 aliphatic carbocycles. The number of hydrogen-bond donors (Lipinski definition) is 1. The van der Waals surface area contributed by atoms with Gasteiger partial charge in [-0.1, -0.05) is 12.1 Å². The van der Waals surface area contributed by atoms with Gasteiger partial charge in [0.2, 0.25) is 0 Å². The molecule has 7 nitrogen and oxygen atoms in total. The van der Waals surface area contributed by atoms with E-state index in [0.29, 0.717) is 29.3 Å². The van der Waals surface area contributed by atoms with Crippen LogP contribution in [0.2, 0.25) is 0 Å². The molecular formula is C29H33N5O2. The van der Waals surface area contributed by atoms with Gasteiger partial charge in [-0.2, -0.15) is 5.26 Å². The number of nitrogens with zero attached hydrogens (tertiary/aromatic N) is 4. The van der Waals surface area contributed by atoms with Gasteiger partial charge < -0.3 is 14.8 Å². The molecule has 1 aromatic heterocycles. The number of nitrogens with one attached hydrogen (secondary N) is 1. The maximum Gasteiger partial charge on any atom is 0.254 e. The monoisotopic (exact) mass is 483 g/mol. The summed E-state index contributed by atoms with van der Waals surface area (Å²) in [6.45, 7) is 9.10. The number of fused-ring (bicyclic) bond motifs is 1. The van der Waals surface area contributed by atoms with E-state index in [9.17, 15) is 14.9 Å². The summed E-state index contributed by atoms with van der Waals surface area (Å²) in [4.78, 5) is 35.9. The Kier molecular flexibility index (Phi) is 6.80. The predicted octanol–water partition coefficient (Wildman–Crippen LogP) is 4.23. The normalized spacial score (nSPS) is 19.0. The number of nitriles is 1. The van der Waals surface area contributed by atoms with Crippen LogP contribution >= 0.6 is 0 Å². The first-order valence-electron chi connectivity index (χ1n) is 12.9. The van der Waals surface area contributed by atoms with E-state index in [0.717, 1.165) is 56.5 Å². The molecule has 7 heteroatoms. The van der Waals surface area contributed by atoms with Crippen molar-refractivity contribution in [1.29, 1.82) is 5.26 Å². The van der Waals surface area contributed by atoms with Crippen LogP contribution in [-0.2, 0) is 0 Å². The van der Waals surface area contributed by atoms with Crippen LogP contribution in [0.5, 0.6) is 0 Å². The maximum absolute atomic E-state index is 13.2. The van der Waals surface area contributed by atoms with Gasteiger partial charge in [0.15, 0.2) is 0 Å². The fourth-order valence-electron chi connectivity index (χ4n) is 5.56. The number of likely N-dealkylation sites (tertiary alicyclic amines) is 1. The van der Waals surface area contributed by atoms with E-state index in [1.54, 1.807) is 24.3 Å². The van der Waals surface area contributed by atoms with Gasteiger partial charge in [0.1, 0.15) is 0 Å². The van der Waals surface area contributed by atoms with E-state index in [1.165, 1.54) is 5.56 Å². The van der Waals surface area contributed by atoms with Crippen LogP contribution in [0.3, 0.4) is 0 Å². The average molecular weight is 484 g/mol. The third-order valence-electron chi connectivity index (χ3n) is 7.68. The maximum atomic E-state index is 13.2. The van der Waals surface area contributed by atoms with Gasteiger partial charge in [-0.15, -0.1) is 0 Å². The molecule has 0 saturated carbocycles. The minimum atomic E-state index is -0.0258. The fourth-order valence-corrected chi connectivity index (χ4v) is 5.56. The van der Waals surface area contributed by atoms with Gasteiger partial charge in [-0.3, -0.25) is 14.5 Å². The van der Waals surface area contributed by atoms with Gasteiger partial charge >= 0.3 is 0 Å². The molecule has 36 heavy (non-hydrogen) atoms. The summed E-state index contributed by atoms with van der Waals surface area (Å²) in [7, 11) is 0. The zero-order chi connectivity index (χ0) is 25.2. The molecule has 1 atom stereocenters. The van der Waals surface area contributed by atoms with Crippen molar-refractivity contribution in [1.82, 2.24) is 19.7 Å². The van der Waals surface area contributed by atoms with Crippen molar-refractivity contribution < 1.29 is 9.59 Å². The number of H-pyrrole nitrogens is 1. The van der Waals surface area contributed by atoms with Crippen molar-refractivity contribution in [3.05, 3.63) is 70.9 Å². The summed E-state index contributed by atoms with van der Waals surface area (Å²) in [5, 5.41) is 10.3. The van der Waals surface area contributed by atoms with Gasteiger partial charge in [0, 0.05) is 79.5 Å². The summed E-state index contributed by atoms with van der Waals surface area (Å²) in [5.41, 5.74) is 3.93. The van der Waals surface area contributed by atoms with Gasteiger partial charge in [-0.25, -0.2) is 0 Å². The number of amides is 2. The lowest BCUT2D eigenvalue weighted by molar-refractivity contribution is 0.0595. The largest absolute Gasteiger partial charge is 0.361 e.